The van der Waals surface area contributed by atoms with Crippen molar-refractivity contribution in [2.75, 3.05) is 13.2 Å². The van der Waals surface area contributed by atoms with Gasteiger partial charge < -0.3 is 10.1 Å². The second-order valence-corrected chi connectivity index (χ2v) is 4.05. The molecule has 20 heavy (non-hydrogen) atoms. The number of nitrogens with one attached hydrogen (secondary N) is 1. The van der Waals surface area contributed by atoms with Crippen molar-refractivity contribution in [3.05, 3.63) is 35.6 Å². The molecule has 5 nitrogen and oxygen atoms in total. The van der Waals surface area contributed by atoms with Crippen LogP contribution >= 0.6 is 0 Å². The maximum Gasteiger partial charge on any atom is 0.306 e. The predicted octanol–water partition coefficient (Wildman–Crippen LogP) is 1.33. The molecule has 1 N–H and O–H groups in total. The summed E-state index contributed by atoms with van der Waals surface area (Å²) >= 11 is 0. The minimum atomic E-state index is -0.496. The van der Waals surface area contributed by atoms with Crippen LogP contribution in [0.2, 0.25) is 0 Å². The maximum atomic E-state index is 12.7. The fraction of sp³-hybridized carbons (Fsp3) is 0.357. The predicted molar refractivity (Wildman–Crippen MR) is 68.9 cm³/mol. The van der Waals surface area contributed by atoms with Crippen molar-refractivity contribution in [2.24, 2.45) is 0 Å². The highest BCUT2D eigenvalue weighted by Crippen LogP contribution is 2.05. The molecular formula is C14H15FN2O3. The molecule has 0 fully saturated rings. The molecule has 0 atom stereocenters. The van der Waals surface area contributed by atoms with Gasteiger partial charge in [-0.05, 0) is 24.1 Å². The zero-order valence-corrected chi connectivity index (χ0v) is 10.9. The molecule has 1 aromatic rings. The van der Waals surface area contributed by atoms with E-state index in [2.05, 4.69) is 5.32 Å². The Labute approximate surface area is 116 Å². The first kappa shape index (κ1) is 15.6. The fourth-order valence-corrected chi connectivity index (χ4v) is 1.42. The number of hydrogen-bond acceptors (Lipinski definition) is 4. The molecule has 6 heteroatoms. The maximum absolute atomic E-state index is 12.7. The number of carbonyl (C=O) groups excluding carboxylic acids is 2. The summed E-state index contributed by atoms with van der Waals surface area (Å²) < 4.78 is 17.4. The normalized spacial score (nSPS) is 9.60. The van der Waals surface area contributed by atoms with Crippen molar-refractivity contribution in [1.29, 1.82) is 5.26 Å². The number of amides is 1. The lowest BCUT2D eigenvalue weighted by atomic mass is 10.1. The minimum Gasteiger partial charge on any atom is -0.456 e. The summed E-state index contributed by atoms with van der Waals surface area (Å²) in [6.07, 6.45) is 0.760. The third kappa shape index (κ3) is 6.50. The van der Waals surface area contributed by atoms with Gasteiger partial charge in [0.05, 0.1) is 12.5 Å². The SMILES string of the molecule is N#CCCNC(=O)COC(=O)CCc1ccc(F)cc1. The highest BCUT2D eigenvalue weighted by molar-refractivity contribution is 5.80. The van der Waals surface area contributed by atoms with E-state index in [1.165, 1.54) is 12.1 Å². The number of ether oxygens (including phenoxy) is 1. The molecule has 1 aromatic carbocycles. The Balaban J connectivity index is 2.19. The molecular weight excluding hydrogens is 263 g/mol. The number of aryl methyl sites for hydroxylation is 1. The number of rotatable bonds is 7. The smallest absolute Gasteiger partial charge is 0.306 e. The van der Waals surface area contributed by atoms with E-state index in [4.69, 9.17) is 10.00 Å². The molecule has 0 unspecified atom stereocenters. The quantitative estimate of drug-likeness (QED) is 0.603. The topological polar surface area (TPSA) is 79.2 Å². The summed E-state index contributed by atoms with van der Waals surface area (Å²) in [4.78, 5) is 22.6. The van der Waals surface area contributed by atoms with Gasteiger partial charge in [-0.15, -0.1) is 0 Å². The van der Waals surface area contributed by atoms with E-state index in [0.717, 1.165) is 5.56 Å². The van der Waals surface area contributed by atoms with Gasteiger partial charge in [0, 0.05) is 13.0 Å². The average Bonchev–Trinajstić information content (AvgIpc) is 2.45. The van der Waals surface area contributed by atoms with Crippen LogP contribution < -0.4 is 5.32 Å². The van der Waals surface area contributed by atoms with Crippen LogP contribution in [-0.4, -0.2) is 25.0 Å². The van der Waals surface area contributed by atoms with E-state index in [-0.39, 0.29) is 31.8 Å². The molecule has 0 saturated carbocycles. The Morgan fingerprint density at radius 3 is 2.65 bits per heavy atom. The van der Waals surface area contributed by atoms with Crippen LogP contribution in [0.4, 0.5) is 4.39 Å². The van der Waals surface area contributed by atoms with E-state index in [0.29, 0.717) is 6.42 Å². The van der Waals surface area contributed by atoms with Gasteiger partial charge >= 0.3 is 5.97 Å². The molecule has 0 saturated heterocycles. The van der Waals surface area contributed by atoms with Crippen LogP contribution in [0.25, 0.3) is 0 Å². The molecule has 0 bridgehead atoms. The first-order chi connectivity index (χ1) is 9.61. The number of esters is 1. The number of hydrogen-bond donors (Lipinski definition) is 1. The van der Waals surface area contributed by atoms with Gasteiger partial charge in [0.2, 0.25) is 0 Å². The summed E-state index contributed by atoms with van der Waals surface area (Å²) in [5, 5.41) is 10.7. The van der Waals surface area contributed by atoms with Crippen molar-refractivity contribution < 1.29 is 18.7 Å². The molecule has 0 spiro atoms. The van der Waals surface area contributed by atoms with Gasteiger partial charge in [0.1, 0.15) is 5.82 Å². The highest BCUT2D eigenvalue weighted by atomic mass is 19.1. The van der Waals surface area contributed by atoms with Crippen LogP contribution in [0.5, 0.6) is 0 Å². The standard InChI is InChI=1S/C14H15FN2O3/c15-12-5-2-11(3-6-12)4-7-14(19)20-10-13(18)17-9-1-8-16/h2-3,5-6H,1,4,7,9-10H2,(H,17,18). The highest BCUT2D eigenvalue weighted by Gasteiger charge is 2.07. The molecule has 0 aromatic heterocycles. The number of halogens is 1. The summed E-state index contributed by atoms with van der Waals surface area (Å²) in [6, 6.07) is 7.72. The first-order valence-corrected chi connectivity index (χ1v) is 6.15. The van der Waals surface area contributed by atoms with Crippen molar-refractivity contribution in [2.45, 2.75) is 19.3 Å². The van der Waals surface area contributed by atoms with Gasteiger partial charge in [0.15, 0.2) is 6.61 Å². The summed E-state index contributed by atoms with van der Waals surface area (Å²) in [5.74, 6) is -1.26. The number of nitriles is 1. The third-order valence-electron chi connectivity index (χ3n) is 2.45. The second-order valence-electron chi connectivity index (χ2n) is 4.05. The Morgan fingerprint density at radius 1 is 1.30 bits per heavy atom. The third-order valence-corrected chi connectivity index (χ3v) is 2.45. The van der Waals surface area contributed by atoms with Crippen LogP contribution in [-0.2, 0) is 20.7 Å². The fourth-order valence-electron chi connectivity index (χ4n) is 1.42. The van der Waals surface area contributed by atoms with Crippen molar-refractivity contribution in [3.63, 3.8) is 0 Å². The Morgan fingerprint density at radius 2 is 2.00 bits per heavy atom. The van der Waals surface area contributed by atoms with E-state index in [1.807, 2.05) is 6.07 Å². The molecule has 0 aliphatic carbocycles. The van der Waals surface area contributed by atoms with Crippen LogP contribution in [0.15, 0.2) is 24.3 Å². The van der Waals surface area contributed by atoms with E-state index < -0.39 is 11.9 Å². The van der Waals surface area contributed by atoms with E-state index in [9.17, 15) is 14.0 Å². The van der Waals surface area contributed by atoms with Crippen molar-refractivity contribution in [3.8, 4) is 6.07 Å². The Hall–Kier alpha value is -2.42. The first-order valence-electron chi connectivity index (χ1n) is 6.15. The van der Waals surface area contributed by atoms with Gasteiger partial charge in [-0.3, -0.25) is 9.59 Å². The van der Waals surface area contributed by atoms with Gasteiger partial charge in [-0.1, -0.05) is 12.1 Å². The van der Waals surface area contributed by atoms with Gasteiger partial charge in [-0.2, -0.15) is 5.26 Å². The molecule has 1 rings (SSSR count). The number of nitrogens with zero attached hydrogens (tertiary/aromatic N) is 1. The Kier molecular flexibility index (Phi) is 6.76. The second kappa shape index (κ2) is 8.64. The monoisotopic (exact) mass is 278 g/mol. The molecule has 106 valence electrons. The lowest BCUT2D eigenvalue weighted by Gasteiger charge is -2.05. The lowest BCUT2D eigenvalue weighted by Crippen LogP contribution is -2.29. The zero-order valence-electron chi connectivity index (χ0n) is 10.9. The minimum absolute atomic E-state index is 0.122. The van der Waals surface area contributed by atoms with Crippen LogP contribution in [0, 0.1) is 17.1 Å². The molecule has 0 aliphatic heterocycles. The zero-order chi connectivity index (χ0) is 14.8. The van der Waals surface area contributed by atoms with Crippen molar-refractivity contribution >= 4 is 11.9 Å². The number of benzene rings is 1. The molecule has 0 heterocycles. The molecule has 0 aliphatic rings. The van der Waals surface area contributed by atoms with Crippen LogP contribution in [0.1, 0.15) is 18.4 Å². The summed E-state index contributed by atoms with van der Waals surface area (Å²) in [5.41, 5.74) is 0.821. The van der Waals surface area contributed by atoms with Gasteiger partial charge in [-0.25, -0.2) is 4.39 Å². The van der Waals surface area contributed by atoms with E-state index in [1.54, 1.807) is 12.1 Å². The lowest BCUT2D eigenvalue weighted by molar-refractivity contribution is -0.148. The van der Waals surface area contributed by atoms with Crippen LogP contribution in [0.3, 0.4) is 0 Å². The Bertz CT molecular complexity index is 494. The number of carbonyl (C=O) groups is 2. The van der Waals surface area contributed by atoms with Gasteiger partial charge in [0.25, 0.3) is 5.91 Å². The average molecular weight is 278 g/mol. The molecule has 0 radical (unpaired) electrons. The van der Waals surface area contributed by atoms with Crippen molar-refractivity contribution in [1.82, 2.24) is 5.32 Å². The largest absolute Gasteiger partial charge is 0.456 e. The summed E-state index contributed by atoms with van der Waals surface area (Å²) in [7, 11) is 0. The molecule has 1 amide bonds. The van der Waals surface area contributed by atoms with E-state index >= 15 is 0 Å². The summed E-state index contributed by atoms with van der Waals surface area (Å²) in [6.45, 7) is -0.115.